The Bertz CT molecular complexity index is 2020. The van der Waals surface area contributed by atoms with Crippen LogP contribution in [-0.4, -0.2) is 31.0 Å². The Balaban J connectivity index is 1.61. The molecule has 9 nitrogen and oxygen atoms in total. The highest BCUT2D eigenvalue weighted by Crippen LogP contribution is 2.42. The molecule has 49 heavy (non-hydrogen) atoms. The van der Waals surface area contributed by atoms with Gasteiger partial charge in [-0.1, -0.05) is 55.8 Å². The number of ether oxygens (including phenoxy) is 5. The van der Waals surface area contributed by atoms with Gasteiger partial charge in [-0.05, 0) is 92.1 Å². The molecule has 0 atom stereocenters. The number of esters is 4. The number of hydrogen-bond donors (Lipinski definition) is 0. The number of hydrogen-bond acceptors (Lipinski definition) is 9. The van der Waals surface area contributed by atoms with E-state index in [9.17, 15) is 19.2 Å². The molecule has 4 aromatic rings. The van der Waals surface area contributed by atoms with E-state index >= 15 is 0 Å². The van der Waals surface area contributed by atoms with Crippen LogP contribution in [0.1, 0.15) is 40.9 Å². The van der Waals surface area contributed by atoms with E-state index in [1.807, 2.05) is 0 Å². The maximum absolute atomic E-state index is 13.3. The van der Waals surface area contributed by atoms with Crippen LogP contribution in [0.15, 0.2) is 116 Å². The second kappa shape index (κ2) is 15.8. The summed E-state index contributed by atoms with van der Waals surface area (Å²) in [7, 11) is 1.35. The predicted molar refractivity (Wildman–Crippen MR) is 184 cm³/mol. The van der Waals surface area contributed by atoms with E-state index in [1.165, 1.54) is 14.0 Å². The van der Waals surface area contributed by atoms with Gasteiger partial charge in [-0.25, -0.2) is 19.2 Å². The molecule has 0 spiro atoms. The minimum Gasteiger partial charge on any atom is -0.490 e. The third-order valence-corrected chi connectivity index (χ3v) is 6.79. The van der Waals surface area contributed by atoms with Gasteiger partial charge in [-0.3, -0.25) is 0 Å². The van der Waals surface area contributed by atoms with Gasteiger partial charge in [0.05, 0.1) is 18.2 Å². The Morgan fingerprint density at radius 1 is 0.673 bits per heavy atom. The first-order valence-electron chi connectivity index (χ1n) is 14.8. The summed E-state index contributed by atoms with van der Waals surface area (Å²) < 4.78 is 27.3. The first kappa shape index (κ1) is 35.2. The zero-order chi connectivity index (χ0) is 35.7. The van der Waals surface area contributed by atoms with Crippen molar-refractivity contribution in [2.24, 2.45) is 0 Å². The van der Waals surface area contributed by atoms with Gasteiger partial charge in [0.25, 0.3) is 0 Å². The van der Waals surface area contributed by atoms with Crippen molar-refractivity contribution in [3.05, 3.63) is 138 Å². The molecule has 0 unspecified atom stereocenters. The molecule has 0 N–H and O–H groups in total. The summed E-state index contributed by atoms with van der Waals surface area (Å²) in [6.07, 6.45) is 1.06. The van der Waals surface area contributed by atoms with Crippen LogP contribution < -0.4 is 23.7 Å². The molecule has 0 amide bonds. The van der Waals surface area contributed by atoms with E-state index < -0.39 is 23.9 Å². The maximum atomic E-state index is 13.3. The number of rotatable bonds is 10. The molecule has 0 aliphatic rings. The van der Waals surface area contributed by atoms with Crippen LogP contribution in [0.3, 0.4) is 0 Å². The van der Waals surface area contributed by atoms with Gasteiger partial charge >= 0.3 is 23.9 Å². The molecule has 0 aromatic heterocycles. The topological polar surface area (TPSA) is 114 Å². The summed E-state index contributed by atoms with van der Waals surface area (Å²) in [5.41, 5.74) is 3.75. The quantitative estimate of drug-likeness (QED) is 0.0748. The van der Waals surface area contributed by atoms with Crippen LogP contribution in [0.25, 0.3) is 11.1 Å². The van der Waals surface area contributed by atoms with Crippen molar-refractivity contribution in [2.75, 3.05) is 7.11 Å². The summed E-state index contributed by atoms with van der Waals surface area (Å²) >= 11 is 0. The summed E-state index contributed by atoms with van der Waals surface area (Å²) in [6.45, 7) is 15.4. The second-order valence-electron chi connectivity index (χ2n) is 10.7. The van der Waals surface area contributed by atoms with E-state index in [2.05, 4.69) is 31.6 Å². The zero-order valence-corrected chi connectivity index (χ0v) is 27.4. The fraction of sp³-hybridized carbons (Fsp3) is 0.100. The summed E-state index contributed by atoms with van der Waals surface area (Å²) in [6, 6.07) is 21.7. The first-order chi connectivity index (χ1) is 23.4. The maximum Gasteiger partial charge on any atom is 0.343 e. The third kappa shape index (κ3) is 8.99. The number of carbonyl (C=O) groups excluding carboxylic acids is 4. The molecule has 246 valence electrons. The van der Waals surface area contributed by atoms with Crippen molar-refractivity contribution >= 4 is 23.9 Å². The molecule has 0 saturated carbocycles. The molecular formula is C40H32O9. The van der Waals surface area contributed by atoms with Crippen molar-refractivity contribution in [2.45, 2.75) is 20.8 Å². The molecule has 0 aliphatic carbocycles. The largest absolute Gasteiger partial charge is 0.490 e. The lowest BCUT2D eigenvalue weighted by Crippen LogP contribution is -2.13. The van der Waals surface area contributed by atoms with Crippen molar-refractivity contribution in [3.63, 3.8) is 0 Å². The Hall–Kier alpha value is -6.66. The standard InChI is InChI=1S/C40H32O9/c1-8-35(41)46-31-18-9-27(10-19-31)11-22-33-26(6)23-34(37(45-7)36(33)49-39(43)25(4)5)48-40(44)30-14-12-28(13-15-30)29-16-20-32(21-17-29)47-38(42)24(2)3/h8-10,12-21,23H,1-2,4H2,3,5-7H3. The predicted octanol–water partition coefficient (Wildman–Crippen LogP) is 7.34. The van der Waals surface area contributed by atoms with Gasteiger partial charge in [0.15, 0.2) is 11.5 Å². The number of aryl methyl sites for hydroxylation is 1. The summed E-state index contributed by atoms with van der Waals surface area (Å²) in [5, 5.41) is 0. The highest BCUT2D eigenvalue weighted by Gasteiger charge is 2.24. The van der Waals surface area contributed by atoms with Crippen LogP contribution in [0.2, 0.25) is 0 Å². The van der Waals surface area contributed by atoms with E-state index in [0.717, 1.165) is 17.2 Å². The molecule has 9 heteroatoms. The van der Waals surface area contributed by atoms with Crippen LogP contribution >= 0.6 is 0 Å². The Morgan fingerprint density at radius 2 is 1.20 bits per heavy atom. The van der Waals surface area contributed by atoms with Crippen LogP contribution in [0.4, 0.5) is 0 Å². The van der Waals surface area contributed by atoms with E-state index in [0.29, 0.717) is 33.8 Å². The van der Waals surface area contributed by atoms with E-state index in [1.54, 1.807) is 92.7 Å². The van der Waals surface area contributed by atoms with Gasteiger partial charge < -0.3 is 23.7 Å². The molecule has 0 saturated heterocycles. The minimum absolute atomic E-state index is 0.0115. The van der Waals surface area contributed by atoms with Crippen LogP contribution in [-0.2, 0) is 14.4 Å². The Morgan fingerprint density at radius 3 is 1.76 bits per heavy atom. The van der Waals surface area contributed by atoms with Crippen LogP contribution in [0, 0.1) is 18.8 Å². The highest BCUT2D eigenvalue weighted by atomic mass is 16.6. The number of benzene rings is 4. The molecule has 0 aliphatic heterocycles. The van der Waals surface area contributed by atoms with Gasteiger partial charge in [0, 0.05) is 22.8 Å². The minimum atomic E-state index is -0.727. The summed E-state index contributed by atoms with van der Waals surface area (Å²) in [5.74, 6) is 4.15. The fourth-order valence-corrected chi connectivity index (χ4v) is 4.21. The zero-order valence-electron chi connectivity index (χ0n) is 27.4. The number of methoxy groups -OCH3 is 1. The molecule has 0 radical (unpaired) electrons. The smallest absolute Gasteiger partial charge is 0.343 e. The fourth-order valence-electron chi connectivity index (χ4n) is 4.21. The van der Waals surface area contributed by atoms with Crippen LogP contribution in [0.5, 0.6) is 28.7 Å². The van der Waals surface area contributed by atoms with Crippen molar-refractivity contribution < 1.29 is 42.9 Å². The van der Waals surface area contributed by atoms with E-state index in [-0.39, 0.29) is 28.4 Å². The molecule has 0 bridgehead atoms. The Kier molecular flexibility index (Phi) is 11.3. The van der Waals surface area contributed by atoms with E-state index in [4.69, 9.17) is 23.7 Å². The molecule has 0 fully saturated rings. The van der Waals surface area contributed by atoms with Gasteiger partial charge in [0.2, 0.25) is 5.75 Å². The SMILES string of the molecule is C=CC(=O)Oc1ccc(C#Cc2c(C)cc(OC(=O)c3ccc(-c4ccc(OC(=O)C(=C)C)cc4)cc3)c(OC)c2OC(=O)C(=C)C)cc1. The van der Waals surface area contributed by atoms with Gasteiger partial charge in [-0.2, -0.15) is 0 Å². The van der Waals surface area contributed by atoms with Crippen molar-refractivity contribution in [3.8, 4) is 51.7 Å². The van der Waals surface area contributed by atoms with Crippen molar-refractivity contribution in [1.29, 1.82) is 0 Å². The average molecular weight is 657 g/mol. The average Bonchev–Trinajstić information content (AvgIpc) is 3.09. The monoisotopic (exact) mass is 656 g/mol. The second-order valence-corrected chi connectivity index (χ2v) is 10.7. The number of carbonyl (C=O) groups is 4. The lowest BCUT2D eigenvalue weighted by atomic mass is 10.0. The van der Waals surface area contributed by atoms with Gasteiger partial charge in [-0.15, -0.1) is 0 Å². The lowest BCUT2D eigenvalue weighted by molar-refractivity contribution is -0.131. The summed E-state index contributed by atoms with van der Waals surface area (Å²) in [4.78, 5) is 49.2. The molecule has 4 aromatic carbocycles. The normalized spacial score (nSPS) is 10.0. The first-order valence-corrected chi connectivity index (χ1v) is 14.8. The lowest BCUT2D eigenvalue weighted by Gasteiger charge is -2.17. The Labute approximate surface area is 284 Å². The molecular weight excluding hydrogens is 624 g/mol. The van der Waals surface area contributed by atoms with Crippen molar-refractivity contribution in [1.82, 2.24) is 0 Å². The third-order valence-electron chi connectivity index (χ3n) is 6.79. The molecule has 4 rings (SSSR count). The highest BCUT2D eigenvalue weighted by molar-refractivity contribution is 5.93. The van der Waals surface area contributed by atoms with Gasteiger partial charge in [0.1, 0.15) is 11.5 Å². The molecule has 0 heterocycles.